The minimum absolute atomic E-state index is 0.0978. The molecule has 0 amide bonds. The number of rotatable bonds is 11. The first-order valence-electron chi connectivity index (χ1n) is 14.6. The van der Waals surface area contributed by atoms with E-state index in [1.54, 1.807) is 50.6 Å². The summed E-state index contributed by atoms with van der Waals surface area (Å²) in [4.78, 5) is 0. The Bertz CT molecular complexity index is 1860. The van der Waals surface area contributed by atoms with E-state index in [9.17, 15) is 10.2 Å². The first-order valence-corrected chi connectivity index (χ1v) is 14.6. The Morgan fingerprint density at radius 3 is 1.15 bits per heavy atom. The molecule has 0 fully saturated rings. The van der Waals surface area contributed by atoms with Gasteiger partial charge in [0.2, 0.25) is 0 Å². The van der Waals surface area contributed by atoms with Crippen LogP contribution in [0.1, 0.15) is 11.1 Å². The fourth-order valence-electron chi connectivity index (χ4n) is 5.60. The molecule has 8 nitrogen and oxygen atoms in total. The van der Waals surface area contributed by atoms with Gasteiger partial charge < -0.3 is 38.6 Å². The predicted octanol–water partition coefficient (Wildman–Crippen LogP) is 8.26. The number of hydrogen-bond donors (Lipinski definition) is 2. The van der Waals surface area contributed by atoms with Gasteiger partial charge >= 0.3 is 0 Å². The summed E-state index contributed by atoms with van der Waals surface area (Å²) in [5.74, 6) is 2.59. The summed E-state index contributed by atoms with van der Waals surface area (Å²) in [6.45, 7) is 0.651. The molecule has 6 aromatic carbocycles. The second-order valence-electron chi connectivity index (χ2n) is 10.6. The van der Waals surface area contributed by atoms with Gasteiger partial charge in [0.15, 0.2) is 0 Å². The Morgan fingerprint density at radius 2 is 0.804 bits per heavy atom. The summed E-state index contributed by atoms with van der Waals surface area (Å²) in [5.41, 5.74) is 2.62. The van der Waals surface area contributed by atoms with E-state index >= 15 is 0 Å². The van der Waals surface area contributed by atoms with Crippen LogP contribution in [0, 0.1) is 0 Å². The molecule has 2 N–H and O–H groups in total. The molecular weight excluding hydrogens is 584 g/mol. The molecule has 0 spiro atoms. The van der Waals surface area contributed by atoms with Crippen LogP contribution in [-0.2, 0) is 13.2 Å². The molecule has 0 aliphatic rings. The zero-order valence-electron chi connectivity index (χ0n) is 26.0. The highest BCUT2D eigenvalue weighted by molar-refractivity contribution is 6.08. The van der Waals surface area contributed by atoms with Crippen LogP contribution in [0.4, 0.5) is 0 Å². The van der Waals surface area contributed by atoms with Gasteiger partial charge in [0, 0.05) is 34.0 Å². The van der Waals surface area contributed by atoms with E-state index in [4.69, 9.17) is 28.4 Å². The van der Waals surface area contributed by atoms with Crippen molar-refractivity contribution in [1.82, 2.24) is 0 Å². The van der Waals surface area contributed by atoms with Gasteiger partial charge in [-0.05, 0) is 35.4 Å². The van der Waals surface area contributed by atoms with Crippen molar-refractivity contribution in [2.24, 2.45) is 0 Å². The van der Waals surface area contributed by atoms with Gasteiger partial charge in [-0.2, -0.15) is 0 Å². The van der Waals surface area contributed by atoms with Gasteiger partial charge in [-0.1, -0.05) is 60.7 Å². The SMILES string of the molecule is COc1cc(OCc2ccccc2)cc2c(O)c(-c3cc(OC)c4c(OC)cc(OCc5ccccc5)cc4c3O)cc(OC)c12. The molecule has 0 bridgehead atoms. The van der Waals surface area contributed by atoms with Crippen molar-refractivity contribution in [1.29, 1.82) is 0 Å². The first-order chi connectivity index (χ1) is 22.4. The van der Waals surface area contributed by atoms with Gasteiger partial charge in [0.25, 0.3) is 0 Å². The maximum Gasteiger partial charge on any atom is 0.134 e. The van der Waals surface area contributed by atoms with Crippen LogP contribution >= 0.6 is 0 Å². The Hall–Kier alpha value is -5.76. The standard InChI is InChI=1S/C38H34O8/c1-41-31-17-25(45-21-23-11-7-5-8-12-23)15-29-35(31)33(43-3)19-27(37(29)39)28-20-34(44-4)36-30(38(28)40)16-26(18-32(36)42-2)46-22-24-13-9-6-10-14-24/h5-20,39-40H,21-22H2,1-4H3. The van der Waals surface area contributed by atoms with Gasteiger partial charge in [-0.25, -0.2) is 0 Å². The van der Waals surface area contributed by atoms with Crippen LogP contribution in [0.2, 0.25) is 0 Å². The van der Waals surface area contributed by atoms with E-state index in [0.29, 0.717) is 80.4 Å². The summed E-state index contributed by atoms with van der Waals surface area (Å²) in [6.07, 6.45) is 0. The van der Waals surface area contributed by atoms with Gasteiger partial charge in [0.05, 0.1) is 39.2 Å². The summed E-state index contributed by atoms with van der Waals surface area (Å²) in [7, 11) is 6.17. The average Bonchev–Trinajstić information content (AvgIpc) is 3.11. The average molecular weight is 619 g/mol. The van der Waals surface area contributed by atoms with E-state index < -0.39 is 0 Å². The fourth-order valence-corrected chi connectivity index (χ4v) is 5.60. The number of ether oxygens (including phenoxy) is 6. The topological polar surface area (TPSA) is 95.8 Å². The quantitative estimate of drug-likeness (QED) is 0.150. The Balaban J connectivity index is 1.51. The molecule has 0 unspecified atom stereocenters. The normalized spacial score (nSPS) is 11.0. The van der Waals surface area contributed by atoms with Gasteiger partial charge in [-0.15, -0.1) is 0 Å². The maximum absolute atomic E-state index is 11.8. The lowest BCUT2D eigenvalue weighted by Crippen LogP contribution is -1.98. The van der Waals surface area contributed by atoms with Crippen LogP contribution in [0.15, 0.2) is 97.1 Å². The summed E-state index contributed by atoms with van der Waals surface area (Å²) in [6, 6.07) is 29.9. The van der Waals surface area contributed by atoms with Crippen LogP contribution in [0.3, 0.4) is 0 Å². The molecule has 0 aliphatic heterocycles. The number of methoxy groups -OCH3 is 4. The van der Waals surface area contributed by atoms with Crippen molar-refractivity contribution in [3.8, 4) is 57.1 Å². The van der Waals surface area contributed by atoms with E-state index in [1.807, 2.05) is 60.7 Å². The summed E-state index contributed by atoms with van der Waals surface area (Å²) in [5, 5.41) is 25.6. The number of aromatic hydroxyl groups is 2. The molecule has 46 heavy (non-hydrogen) atoms. The molecule has 0 saturated carbocycles. The Kier molecular flexibility index (Phi) is 8.61. The molecule has 0 aliphatic carbocycles. The molecule has 0 radical (unpaired) electrons. The summed E-state index contributed by atoms with van der Waals surface area (Å²) < 4.78 is 35.2. The zero-order valence-corrected chi connectivity index (χ0v) is 26.0. The zero-order chi connectivity index (χ0) is 32.2. The Morgan fingerprint density at radius 1 is 0.457 bits per heavy atom. The van der Waals surface area contributed by atoms with Crippen molar-refractivity contribution >= 4 is 21.5 Å². The molecule has 234 valence electrons. The van der Waals surface area contributed by atoms with Crippen molar-refractivity contribution in [2.45, 2.75) is 13.2 Å². The van der Waals surface area contributed by atoms with E-state index in [1.165, 1.54) is 14.2 Å². The molecule has 0 saturated heterocycles. The fraction of sp³-hybridized carbons (Fsp3) is 0.158. The minimum atomic E-state index is -0.0978. The highest BCUT2D eigenvalue weighted by Crippen LogP contribution is 2.52. The van der Waals surface area contributed by atoms with Gasteiger partial charge in [-0.3, -0.25) is 0 Å². The van der Waals surface area contributed by atoms with Crippen LogP contribution < -0.4 is 28.4 Å². The van der Waals surface area contributed by atoms with Gasteiger partial charge in [0.1, 0.15) is 59.2 Å². The van der Waals surface area contributed by atoms with E-state index in [0.717, 1.165) is 11.1 Å². The molecule has 6 aromatic rings. The molecule has 8 heteroatoms. The highest BCUT2D eigenvalue weighted by atomic mass is 16.5. The lowest BCUT2D eigenvalue weighted by molar-refractivity contribution is 0.304. The third-order valence-corrected chi connectivity index (χ3v) is 7.88. The number of fused-ring (bicyclic) bond motifs is 2. The lowest BCUT2D eigenvalue weighted by atomic mass is 9.94. The molecule has 0 atom stereocenters. The first kappa shape index (κ1) is 30.3. The highest BCUT2D eigenvalue weighted by Gasteiger charge is 2.24. The van der Waals surface area contributed by atoms with Crippen LogP contribution in [0.5, 0.6) is 46.0 Å². The van der Waals surface area contributed by atoms with Crippen molar-refractivity contribution in [2.75, 3.05) is 28.4 Å². The Labute approximate surface area is 266 Å². The predicted molar refractivity (Wildman–Crippen MR) is 178 cm³/mol. The van der Waals surface area contributed by atoms with Crippen molar-refractivity contribution < 1.29 is 38.6 Å². The number of phenolic OH excluding ortho intramolecular Hbond substituents is 2. The van der Waals surface area contributed by atoms with E-state index in [2.05, 4.69) is 0 Å². The third kappa shape index (κ3) is 5.73. The van der Waals surface area contributed by atoms with Crippen LogP contribution in [-0.4, -0.2) is 38.7 Å². The molecule has 0 aromatic heterocycles. The van der Waals surface area contributed by atoms with Crippen molar-refractivity contribution in [3.05, 3.63) is 108 Å². The number of phenols is 2. The molecular formula is C38H34O8. The molecule has 6 rings (SSSR count). The largest absolute Gasteiger partial charge is 0.507 e. The number of hydrogen-bond acceptors (Lipinski definition) is 8. The minimum Gasteiger partial charge on any atom is -0.507 e. The maximum atomic E-state index is 11.8. The van der Waals surface area contributed by atoms with Crippen molar-refractivity contribution in [3.63, 3.8) is 0 Å². The van der Waals surface area contributed by atoms with E-state index in [-0.39, 0.29) is 11.5 Å². The van der Waals surface area contributed by atoms with Crippen LogP contribution in [0.25, 0.3) is 32.7 Å². The second kappa shape index (κ2) is 13.1. The molecule has 0 heterocycles. The third-order valence-electron chi connectivity index (χ3n) is 7.88. The number of benzene rings is 6. The smallest absolute Gasteiger partial charge is 0.134 e. The summed E-state index contributed by atoms with van der Waals surface area (Å²) >= 11 is 0. The second-order valence-corrected chi connectivity index (χ2v) is 10.6. The lowest BCUT2D eigenvalue weighted by Gasteiger charge is -2.19. The monoisotopic (exact) mass is 618 g/mol.